The van der Waals surface area contributed by atoms with Gasteiger partial charge in [0.05, 0.1) is 38.2 Å². The number of esters is 1. The highest BCUT2D eigenvalue weighted by Crippen LogP contribution is 2.28. The van der Waals surface area contributed by atoms with Crippen LogP contribution in [0.5, 0.6) is 0 Å². The van der Waals surface area contributed by atoms with Crippen LogP contribution in [0.1, 0.15) is 15.9 Å². The number of amides is 3. The fourth-order valence-electron chi connectivity index (χ4n) is 4.05. The average molecular weight is 627 g/mol. The Bertz CT molecular complexity index is 1690. The quantitative estimate of drug-likeness (QED) is 0.196. The van der Waals surface area contributed by atoms with E-state index in [4.69, 9.17) is 27.9 Å². The molecule has 3 N–H and O–H groups in total. The number of para-hydroxylation sites is 1. The van der Waals surface area contributed by atoms with Crippen molar-refractivity contribution in [2.45, 2.75) is 22.3 Å². The molecule has 0 aliphatic carbocycles. The van der Waals surface area contributed by atoms with E-state index in [2.05, 4.69) is 16.0 Å². The highest BCUT2D eigenvalue weighted by atomic mass is 35.5. The van der Waals surface area contributed by atoms with Gasteiger partial charge >= 0.3 is 12.0 Å². The van der Waals surface area contributed by atoms with E-state index in [1.54, 1.807) is 72.8 Å². The van der Waals surface area contributed by atoms with Crippen LogP contribution in [0, 0.1) is 0 Å². The van der Waals surface area contributed by atoms with Crippen LogP contribution in [0.3, 0.4) is 0 Å². The van der Waals surface area contributed by atoms with E-state index < -0.39 is 33.8 Å². The van der Waals surface area contributed by atoms with Gasteiger partial charge in [0.15, 0.2) is 0 Å². The van der Waals surface area contributed by atoms with Crippen LogP contribution in [0.25, 0.3) is 0 Å². The topological polar surface area (TPSA) is 131 Å². The van der Waals surface area contributed by atoms with Gasteiger partial charge in [-0.05, 0) is 54.1 Å². The van der Waals surface area contributed by atoms with E-state index in [1.165, 1.54) is 31.4 Å². The van der Waals surface area contributed by atoms with Crippen LogP contribution < -0.4 is 16.0 Å². The van der Waals surface area contributed by atoms with E-state index in [1.807, 2.05) is 0 Å². The average Bonchev–Trinajstić information content (AvgIpc) is 2.98. The molecular weight excluding hydrogens is 601 g/mol. The van der Waals surface area contributed by atoms with Crippen LogP contribution >= 0.6 is 23.2 Å². The molecule has 0 fully saturated rings. The Morgan fingerprint density at radius 3 is 2.05 bits per heavy atom. The maximum atomic E-state index is 13.2. The van der Waals surface area contributed by atoms with E-state index in [9.17, 15) is 22.8 Å². The van der Waals surface area contributed by atoms with E-state index in [0.717, 1.165) is 0 Å². The minimum absolute atomic E-state index is 0.0428. The first-order valence-electron chi connectivity index (χ1n) is 12.5. The fraction of sp³-hybridized carbons (Fsp3) is 0.100. The Kier molecular flexibility index (Phi) is 9.84. The van der Waals surface area contributed by atoms with E-state index in [0.29, 0.717) is 11.3 Å². The van der Waals surface area contributed by atoms with Crippen molar-refractivity contribution in [3.8, 4) is 0 Å². The number of carbonyl (C=O) groups is 3. The summed E-state index contributed by atoms with van der Waals surface area (Å²) in [6, 6.07) is 23.2. The molecule has 0 aliphatic heterocycles. The molecule has 0 heterocycles. The van der Waals surface area contributed by atoms with E-state index >= 15 is 0 Å². The number of urea groups is 1. The first-order valence-corrected chi connectivity index (χ1v) is 14.7. The van der Waals surface area contributed by atoms with E-state index in [-0.39, 0.29) is 37.5 Å². The minimum Gasteiger partial charge on any atom is -0.467 e. The number of nitrogens with one attached hydrogen (secondary N) is 3. The largest absolute Gasteiger partial charge is 0.467 e. The zero-order chi connectivity index (χ0) is 30.3. The van der Waals surface area contributed by atoms with Gasteiger partial charge < -0.3 is 20.7 Å². The number of sulfone groups is 1. The summed E-state index contributed by atoms with van der Waals surface area (Å²) in [4.78, 5) is 38.0. The van der Waals surface area contributed by atoms with Gasteiger partial charge in [0.2, 0.25) is 9.84 Å². The van der Waals surface area contributed by atoms with Gasteiger partial charge in [0, 0.05) is 12.1 Å². The molecule has 42 heavy (non-hydrogen) atoms. The maximum absolute atomic E-state index is 13.2. The first kappa shape index (κ1) is 30.6. The molecule has 12 heteroatoms. The number of carbonyl (C=O) groups excluding carboxylic acids is 3. The van der Waals surface area contributed by atoms with Crippen LogP contribution in [-0.2, 0) is 25.8 Å². The predicted molar refractivity (Wildman–Crippen MR) is 161 cm³/mol. The van der Waals surface area contributed by atoms with Crippen LogP contribution in [0.15, 0.2) is 107 Å². The second-order valence-electron chi connectivity index (χ2n) is 8.94. The molecule has 0 saturated carbocycles. The van der Waals surface area contributed by atoms with Crippen LogP contribution in [0.2, 0.25) is 10.0 Å². The molecule has 4 aromatic rings. The molecule has 9 nitrogen and oxygen atoms in total. The zero-order valence-corrected chi connectivity index (χ0v) is 24.5. The summed E-state index contributed by atoms with van der Waals surface area (Å²) in [5.41, 5.74) is 1.29. The highest BCUT2D eigenvalue weighted by molar-refractivity contribution is 7.91. The van der Waals surface area contributed by atoms with Gasteiger partial charge in [-0.1, -0.05) is 71.7 Å². The van der Waals surface area contributed by atoms with Crippen molar-refractivity contribution in [2.24, 2.45) is 0 Å². The molecule has 0 aromatic heterocycles. The number of ether oxygens (including phenoxy) is 1. The molecule has 0 bridgehead atoms. The lowest BCUT2D eigenvalue weighted by Crippen LogP contribution is -2.45. The van der Waals surface area contributed by atoms with Crippen LogP contribution in [-0.4, -0.2) is 39.5 Å². The van der Waals surface area contributed by atoms with Crippen molar-refractivity contribution in [1.29, 1.82) is 0 Å². The van der Waals surface area contributed by atoms with Crippen molar-refractivity contribution in [3.63, 3.8) is 0 Å². The SMILES string of the molecule is COC(=O)C(Cc1ccc(NC(=O)c2c(Cl)cccc2Cl)cc1)NC(=O)Nc1ccccc1S(=O)(=O)c1ccccc1. The van der Waals surface area contributed by atoms with Gasteiger partial charge in [-0.15, -0.1) is 0 Å². The fourth-order valence-corrected chi connectivity index (χ4v) is 6.06. The smallest absolute Gasteiger partial charge is 0.328 e. The Hall–Kier alpha value is -4.38. The third kappa shape index (κ3) is 7.27. The lowest BCUT2D eigenvalue weighted by atomic mass is 10.1. The van der Waals surface area contributed by atoms with Crippen molar-refractivity contribution >= 4 is 62.3 Å². The molecule has 0 aliphatic rings. The Morgan fingerprint density at radius 2 is 1.40 bits per heavy atom. The van der Waals surface area contributed by atoms with Crippen molar-refractivity contribution in [1.82, 2.24) is 5.32 Å². The minimum atomic E-state index is -3.93. The van der Waals surface area contributed by atoms with Crippen LogP contribution in [0.4, 0.5) is 16.2 Å². The molecular formula is C30H25Cl2N3O6S. The first-order chi connectivity index (χ1) is 20.1. The number of anilines is 2. The standard InChI is InChI=1S/C30H25Cl2N3O6S/c1-41-29(37)25(18-19-14-16-20(17-15-19)33-28(36)27-22(31)10-7-11-23(27)32)35-30(38)34-24-12-5-6-13-26(24)42(39,40)21-8-3-2-4-9-21/h2-17,25H,18H2,1H3,(H,33,36)(H2,34,35,38). The molecule has 0 radical (unpaired) electrons. The van der Waals surface area contributed by atoms with Gasteiger partial charge in [0.1, 0.15) is 6.04 Å². The second-order valence-corrected chi connectivity index (χ2v) is 11.7. The summed E-state index contributed by atoms with van der Waals surface area (Å²) in [6.07, 6.45) is 0.0502. The summed E-state index contributed by atoms with van der Waals surface area (Å²) in [5.74, 6) is -1.19. The summed E-state index contributed by atoms with van der Waals surface area (Å²) >= 11 is 12.2. The molecule has 4 rings (SSSR count). The zero-order valence-electron chi connectivity index (χ0n) is 22.1. The lowest BCUT2D eigenvalue weighted by molar-refractivity contribution is -0.142. The molecule has 4 aromatic carbocycles. The Morgan fingerprint density at radius 1 is 0.786 bits per heavy atom. The molecule has 0 saturated heterocycles. The molecule has 216 valence electrons. The number of methoxy groups -OCH3 is 1. The van der Waals surface area contributed by atoms with Crippen molar-refractivity contribution < 1.29 is 27.5 Å². The Balaban J connectivity index is 1.45. The summed E-state index contributed by atoms with van der Waals surface area (Å²) < 4.78 is 31.2. The van der Waals surface area contributed by atoms with Crippen molar-refractivity contribution in [2.75, 3.05) is 17.7 Å². The number of benzene rings is 4. The maximum Gasteiger partial charge on any atom is 0.328 e. The van der Waals surface area contributed by atoms with Gasteiger partial charge in [-0.2, -0.15) is 0 Å². The molecule has 1 atom stereocenters. The third-order valence-corrected chi connectivity index (χ3v) is 8.57. The number of rotatable bonds is 9. The summed E-state index contributed by atoms with van der Waals surface area (Å²) in [6.45, 7) is 0. The predicted octanol–water partition coefficient (Wildman–Crippen LogP) is 5.98. The molecule has 3 amide bonds. The lowest BCUT2D eigenvalue weighted by Gasteiger charge is -2.18. The number of hydrogen-bond donors (Lipinski definition) is 3. The van der Waals surface area contributed by atoms with Gasteiger partial charge in [-0.3, -0.25) is 4.79 Å². The summed E-state index contributed by atoms with van der Waals surface area (Å²) in [5, 5.41) is 8.21. The third-order valence-electron chi connectivity index (χ3n) is 6.11. The number of hydrogen-bond acceptors (Lipinski definition) is 6. The second kappa shape index (κ2) is 13.5. The normalized spacial score (nSPS) is 11.7. The highest BCUT2D eigenvalue weighted by Gasteiger charge is 2.25. The Labute approximate surface area is 252 Å². The number of halogens is 2. The van der Waals surface area contributed by atoms with Crippen molar-refractivity contribution in [3.05, 3.63) is 118 Å². The molecule has 1 unspecified atom stereocenters. The summed E-state index contributed by atoms with van der Waals surface area (Å²) in [7, 11) is -2.74. The molecule has 0 spiro atoms. The monoisotopic (exact) mass is 625 g/mol. The van der Waals surface area contributed by atoms with Gasteiger partial charge in [-0.25, -0.2) is 18.0 Å². The van der Waals surface area contributed by atoms with Gasteiger partial charge in [0.25, 0.3) is 5.91 Å².